The number of nitrogens with one attached hydrogen (secondary N) is 1. The molecule has 1 aromatic carbocycles. The molecule has 0 bridgehead atoms. The number of hydrogen-bond donors (Lipinski definition) is 2. The third-order valence-electron chi connectivity index (χ3n) is 2.73. The minimum absolute atomic E-state index is 0.0125. The van der Waals surface area contributed by atoms with Crippen LogP contribution in [0.1, 0.15) is 24.8 Å². The van der Waals surface area contributed by atoms with E-state index >= 15 is 0 Å². The molecule has 2 N–H and O–H groups in total. The standard InChI is InChI=1S/C12H14N2O4S/c1-8-5-6-10-9(7-8)13-11(14-19(10,17)18)3-2-4-12(15)16/h5-7H,2-4H2,1H3,(H,13,14)(H,15,16). The van der Waals surface area contributed by atoms with Gasteiger partial charge in [0.2, 0.25) is 0 Å². The van der Waals surface area contributed by atoms with Crippen LogP contribution >= 0.6 is 0 Å². The Morgan fingerprint density at radius 2 is 2.16 bits per heavy atom. The lowest BCUT2D eigenvalue weighted by molar-refractivity contribution is -0.137. The Bertz CT molecular complexity index is 650. The molecule has 1 aliphatic heterocycles. The van der Waals surface area contributed by atoms with Crippen LogP contribution in [0.4, 0.5) is 5.69 Å². The number of benzene rings is 1. The molecule has 0 saturated carbocycles. The molecule has 0 atom stereocenters. The number of anilines is 1. The van der Waals surface area contributed by atoms with Crippen molar-refractivity contribution in [1.82, 2.24) is 0 Å². The molecular weight excluding hydrogens is 268 g/mol. The zero-order valence-corrected chi connectivity index (χ0v) is 11.2. The number of rotatable bonds is 4. The number of carboxylic acids is 1. The summed E-state index contributed by atoms with van der Waals surface area (Å²) < 4.78 is 27.6. The van der Waals surface area contributed by atoms with E-state index < -0.39 is 16.0 Å². The number of carbonyl (C=O) groups is 1. The van der Waals surface area contributed by atoms with Crippen molar-refractivity contribution in [3.63, 3.8) is 0 Å². The fourth-order valence-corrected chi connectivity index (χ4v) is 3.01. The van der Waals surface area contributed by atoms with Crippen molar-refractivity contribution in [2.45, 2.75) is 31.1 Å². The lowest BCUT2D eigenvalue weighted by atomic mass is 10.2. The first-order valence-corrected chi connectivity index (χ1v) is 7.26. The Morgan fingerprint density at radius 1 is 1.42 bits per heavy atom. The van der Waals surface area contributed by atoms with Crippen LogP contribution in [-0.4, -0.2) is 25.3 Å². The van der Waals surface area contributed by atoms with Gasteiger partial charge >= 0.3 is 5.97 Å². The van der Waals surface area contributed by atoms with Crippen LogP contribution in [-0.2, 0) is 14.8 Å². The monoisotopic (exact) mass is 282 g/mol. The Hall–Kier alpha value is -1.89. The van der Waals surface area contributed by atoms with Gasteiger partial charge < -0.3 is 10.4 Å². The van der Waals surface area contributed by atoms with Gasteiger partial charge in [-0.25, -0.2) is 0 Å². The second-order valence-corrected chi connectivity index (χ2v) is 5.96. The molecule has 0 radical (unpaired) electrons. The summed E-state index contributed by atoms with van der Waals surface area (Å²) in [5, 5.41) is 11.5. The minimum atomic E-state index is -3.68. The number of fused-ring (bicyclic) bond motifs is 1. The Balaban J connectivity index is 2.22. The van der Waals surface area contributed by atoms with E-state index in [2.05, 4.69) is 9.71 Å². The summed E-state index contributed by atoms with van der Waals surface area (Å²) in [6, 6.07) is 4.96. The largest absolute Gasteiger partial charge is 0.481 e. The molecule has 0 fully saturated rings. The summed E-state index contributed by atoms with van der Waals surface area (Å²) >= 11 is 0. The number of aliphatic carboxylic acids is 1. The second-order valence-electron chi connectivity index (χ2n) is 4.38. The first-order chi connectivity index (χ1) is 8.88. The fraction of sp³-hybridized carbons (Fsp3) is 0.333. The van der Waals surface area contributed by atoms with Crippen molar-refractivity contribution in [2.75, 3.05) is 5.32 Å². The van der Waals surface area contributed by atoms with E-state index in [1.54, 1.807) is 12.1 Å². The summed E-state index contributed by atoms with van der Waals surface area (Å²) in [5.41, 5.74) is 1.44. The average Bonchev–Trinajstić information content (AvgIpc) is 2.26. The zero-order valence-electron chi connectivity index (χ0n) is 10.4. The highest BCUT2D eigenvalue weighted by molar-refractivity contribution is 7.90. The highest BCUT2D eigenvalue weighted by Crippen LogP contribution is 2.28. The Morgan fingerprint density at radius 3 is 2.84 bits per heavy atom. The molecule has 19 heavy (non-hydrogen) atoms. The number of sulfonamides is 1. The van der Waals surface area contributed by atoms with Gasteiger partial charge in [-0.05, 0) is 31.0 Å². The van der Waals surface area contributed by atoms with Gasteiger partial charge in [-0.1, -0.05) is 6.07 Å². The summed E-state index contributed by atoms with van der Waals surface area (Å²) in [4.78, 5) is 10.6. The van der Waals surface area contributed by atoms with Crippen LogP contribution < -0.4 is 5.32 Å². The molecule has 7 heteroatoms. The minimum Gasteiger partial charge on any atom is -0.481 e. The molecule has 102 valence electrons. The average molecular weight is 282 g/mol. The zero-order chi connectivity index (χ0) is 14.0. The van der Waals surface area contributed by atoms with E-state index in [0.29, 0.717) is 24.4 Å². The topological polar surface area (TPSA) is 95.8 Å². The maximum Gasteiger partial charge on any atom is 0.303 e. The van der Waals surface area contributed by atoms with Crippen molar-refractivity contribution in [3.8, 4) is 0 Å². The van der Waals surface area contributed by atoms with E-state index in [-0.39, 0.29) is 11.3 Å². The molecule has 0 saturated heterocycles. The van der Waals surface area contributed by atoms with Gasteiger partial charge in [0.15, 0.2) is 0 Å². The number of amidine groups is 1. The molecule has 0 spiro atoms. The summed E-state index contributed by atoms with van der Waals surface area (Å²) in [5.74, 6) is -0.616. The predicted molar refractivity (Wildman–Crippen MR) is 70.9 cm³/mol. The molecule has 0 aromatic heterocycles. The molecule has 1 aliphatic rings. The van der Waals surface area contributed by atoms with Crippen LogP contribution in [0, 0.1) is 6.92 Å². The van der Waals surface area contributed by atoms with Gasteiger partial charge in [0, 0.05) is 12.8 Å². The predicted octanol–water partition coefficient (Wildman–Crippen LogP) is 1.76. The Labute approximate surface area is 111 Å². The summed E-state index contributed by atoms with van der Waals surface area (Å²) in [7, 11) is -3.68. The molecule has 0 aliphatic carbocycles. The first-order valence-electron chi connectivity index (χ1n) is 5.82. The molecule has 6 nitrogen and oxygen atoms in total. The van der Waals surface area contributed by atoms with Crippen molar-refractivity contribution >= 4 is 27.5 Å². The smallest absolute Gasteiger partial charge is 0.303 e. The highest BCUT2D eigenvalue weighted by Gasteiger charge is 2.24. The molecule has 1 heterocycles. The van der Waals surface area contributed by atoms with Gasteiger partial charge in [0.1, 0.15) is 10.7 Å². The van der Waals surface area contributed by atoms with Crippen molar-refractivity contribution in [2.24, 2.45) is 4.40 Å². The molecule has 0 amide bonds. The van der Waals surface area contributed by atoms with Gasteiger partial charge in [-0.2, -0.15) is 8.42 Å². The van der Waals surface area contributed by atoms with Crippen molar-refractivity contribution in [3.05, 3.63) is 23.8 Å². The summed E-state index contributed by atoms with van der Waals surface area (Å²) in [6.07, 6.45) is 0.623. The fourth-order valence-electron chi connectivity index (χ4n) is 1.85. The molecule has 0 unspecified atom stereocenters. The van der Waals surface area contributed by atoms with Gasteiger partial charge in [0.25, 0.3) is 10.0 Å². The van der Waals surface area contributed by atoms with E-state index in [1.807, 2.05) is 6.92 Å². The lowest BCUT2D eigenvalue weighted by Gasteiger charge is -2.18. The van der Waals surface area contributed by atoms with E-state index in [0.717, 1.165) is 5.56 Å². The van der Waals surface area contributed by atoms with Gasteiger partial charge in [-0.15, -0.1) is 4.40 Å². The molecule has 2 rings (SSSR count). The van der Waals surface area contributed by atoms with E-state index in [4.69, 9.17) is 5.11 Å². The molecule has 1 aromatic rings. The van der Waals surface area contributed by atoms with Crippen LogP contribution in [0.2, 0.25) is 0 Å². The highest BCUT2D eigenvalue weighted by atomic mass is 32.2. The number of carboxylic acid groups (broad SMARTS) is 1. The first kappa shape index (κ1) is 13.5. The number of nitrogens with zero attached hydrogens (tertiary/aromatic N) is 1. The quantitative estimate of drug-likeness (QED) is 0.877. The second kappa shape index (κ2) is 5.00. The maximum atomic E-state index is 11.9. The van der Waals surface area contributed by atoms with Crippen LogP contribution in [0.15, 0.2) is 27.5 Å². The van der Waals surface area contributed by atoms with E-state index in [1.165, 1.54) is 6.07 Å². The van der Waals surface area contributed by atoms with Crippen molar-refractivity contribution in [1.29, 1.82) is 0 Å². The van der Waals surface area contributed by atoms with E-state index in [9.17, 15) is 13.2 Å². The van der Waals surface area contributed by atoms with Crippen LogP contribution in [0.5, 0.6) is 0 Å². The lowest BCUT2D eigenvalue weighted by Crippen LogP contribution is -2.21. The normalized spacial score (nSPS) is 16.2. The number of aryl methyl sites for hydroxylation is 1. The maximum absolute atomic E-state index is 11.9. The number of hydrogen-bond acceptors (Lipinski definition) is 4. The van der Waals surface area contributed by atoms with Crippen LogP contribution in [0.3, 0.4) is 0 Å². The third-order valence-corrected chi connectivity index (χ3v) is 4.10. The summed E-state index contributed by atoms with van der Waals surface area (Å²) in [6.45, 7) is 1.87. The Kier molecular flexibility index (Phi) is 3.57. The van der Waals surface area contributed by atoms with Crippen molar-refractivity contribution < 1.29 is 18.3 Å². The van der Waals surface area contributed by atoms with Gasteiger partial charge in [-0.3, -0.25) is 4.79 Å². The van der Waals surface area contributed by atoms with Gasteiger partial charge in [0.05, 0.1) is 5.69 Å². The van der Waals surface area contributed by atoms with Crippen LogP contribution in [0.25, 0.3) is 0 Å². The SMILES string of the molecule is Cc1ccc2c(c1)NC(CCCC(=O)O)=NS2(=O)=O. The third kappa shape index (κ3) is 3.11. The molecular formula is C12H14N2O4S.